The van der Waals surface area contributed by atoms with Gasteiger partial charge in [0.25, 0.3) is 5.91 Å². The number of amides is 1. The largest absolute Gasteiger partial charge is 0.336 e. The number of rotatable bonds is 3. The maximum absolute atomic E-state index is 11.5. The van der Waals surface area contributed by atoms with Crippen molar-refractivity contribution in [2.24, 2.45) is 0 Å². The quantitative estimate of drug-likeness (QED) is 0.920. The van der Waals surface area contributed by atoms with Crippen molar-refractivity contribution in [3.05, 3.63) is 20.8 Å². The average Bonchev–Trinajstić information content (AvgIpc) is 2.61. The molecular formula is C9H9BrN2OS. The van der Waals surface area contributed by atoms with Crippen molar-refractivity contribution < 1.29 is 4.79 Å². The van der Waals surface area contributed by atoms with E-state index in [4.69, 9.17) is 5.26 Å². The number of nitrogens with zero attached hydrogens (tertiary/aromatic N) is 1. The summed E-state index contributed by atoms with van der Waals surface area (Å²) in [5.74, 6) is -0.186. The van der Waals surface area contributed by atoms with Crippen LogP contribution < -0.4 is 5.32 Å². The molecule has 3 nitrogen and oxygen atoms in total. The summed E-state index contributed by atoms with van der Waals surface area (Å²) in [5.41, 5.74) is 0. The minimum absolute atomic E-state index is 0.186. The lowest BCUT2D eigenvalue weighted by molar-refractivity contribution is 0.0949. The number of nitrogens with one attached hydrogen (secondary N) is 1. The molecule has 0 spiro atoms. The molecule has 0 radical (unpaired) electrons. The van der Waals surface area contributed by atoms with Crippen LogP contribution in [0.5, 0.6) is 0 Å². The van der Waals surface area contributed by atoms with Gasteiger partial charge in [0.05, 0.1) is 14.7 Å². The first-order chi connectivity index (χ1) is 6.67. The van der Waals surface area contributed by atoms with Gasteiger partial charge in [-0.1, -0.05) is 6.92 Å². The maximum Gasteiger partial charge on any atom is 0.262 e. The molecule has 1 unspecified atom stereocenters. The van der Waals surface area contributed by atoms with Crippen LogP contribution >= 0.6 is 27.3 Å². The summed E-state index contributed by atoms with van der Waals surface area (Å²) in [6.07, 6.45) is 0.620. The molecule has 5 heteroatoms. The Morgan fingerprint density at radius 3 is 2.93 bits per heavy atom. The van der Waals surface area contributed by atoms with E-state index >= 15 is 0 Å². The molecule has 1 heterocycles. The van der Waals surface area contributed by atoms with Crippen molar-refractivity contribution in [3.63, 3.8) is 0 Å². The van der Waals surface area contributed by atoms with Crippen molar-refractivity contribution in [3.8, 4) is 6.07 Å². The molecule has 0 aromatic carbocycles. The van der Waals surface area contributed by atoms with Gasteiger partial charge in [-0.2, -0.15) is 5.26 Å². The number of halogens is 1. The van der Waals surface area contributed by atoms with Gasteiger partial charge in [-0.3, -0.25) is 4.79 Å². The number of carbonyl (C=O) groups is 1. The highest BCUT2D eigenvalue weighted by molar-refractivity contribution is 9.11. The lowest BCUT2D eigenvalue weighted by atomic mass is 10.2. The van der Waals surface area contributed by atoms with Crippen molar-refractivity contribution >= 4 is 33.2 Å². The molecule has 14 heavy (non-hydrogen) atoms. The molecule has 0 aliphatic carbocycles. The molecule has 1 aromatic heterocycles. The van der Waals surface area contributed by atoms with E-state index in [2.05, 4.69) is 21.2 Å². The topological polar surface area (TPSA) is 52.9 Å². The molecule has 0 aliphatic rings. The van der Waals surface area contributed by atoms with Gasteiger partial charge in [-0.15, -0.1) is 11.3 Å². The fourth-order valence-corrected chi connectivity index (χ4v) is 2.18. The lowest BCUT2D eigenvalue weighted by Crippen LogP contribution is -2.32. The van der Waals surface area contributed by atoms with Crippen LogP contribution in [0.15, 0.2) is 15.9 Å². The van der Waals surface area contributed by atoms with E-state index in [9.17, 15) is 4.79 Å². The summed E-state index contributed by atoms with van der Waals surface area (Å²) < 4.78 is 0.910. The van der Waals surface area contributed by atoms with Crippen molar-refractivity contribution in [2.45, 2.75) is 19.4 Å². The predicted molar refractivity (Wildman–Crippen MR) is 59.2 cm³/mol. The third-order valence-corrected chi connectivity index (χ3v) is 3.29. The zero-order valence-corrected chi connectivity index (χ0v) is 9.98. The molecule has 0 aliphatic heterocycles. The third kappa shape index (κ3) is 2.82. The minimum atomic E-state index is -0.400. The summed E-state index contributed by atoms with van der Waals surface area (Å²) in [4.78, 5) is 12.1. The minimum Gasteiger partial charge on any atom is -0.336 e. The van der Waals surface area contributed by atoms with Crippen molar-refractivity contribution in [1.82, 2.24) is 5.32 Å². The van der Waals surface area contributed by atoms with Gasteiger partial charge in [0.15, 0.2) is 0 Å². The standard InChI is InChI=1S/C9H9BrN2OS/c1-2-6(5-11)12-9(13)7-3-4-8(10)14-7/h3-4,6H,2H2,1H3,(H,12,13). The van der Waals surface area contributed by atoms with E-state index in [0.29, 0.717) is 11.3 Å². The molecule has 1 N–H and O–H groups in total. The Kier molecular flexibility index (Phi) is 4.11. The second-order valence-corrected chi connectivity index (χ2v) is 5.13. The Morgan fingerprint density at radius 1 is 1.79 bits per heavy atom. The summed E-state index contributed by atoms with van der Waals surface area (Å²) in [5, 5.41) is 11.3. The second-order valence-electron chi connectivity index (χ2n) is 2.67. The average molecular weight is 273 g/mol. The molecule has 0 bridgehead atoms. The Bertz CT molecular complexity index is 369. The summed E-state index contributed by atoms with van der Waals surface area (Å²) in [7, 11) is 0. The zero-order chi connectivity index (χ0) is 10.6. The Morgan fingerprint density at radius 2 is 2.50 bits per heavy atom. The number of carbonyl (C=O) groups excluding carboxylic acids is 1. The van der Waals surface area contributed by atoms with Gasteiger partial charge in [-0.25, -0.2) is 0 Å². The number of hydrogen-bond acceptors (Lipinski definition) is 3. The number of thiophene rings is 1. The van der Waals surface area contributed by atoms with Gasteiger partial charge in [0.1, 0.15) is 6.04 Å². The van der Waals surface area contributed by atoms with Crippen LogP contribution in [-0.4, -0.2) is 11.9 Å². The van der Waals surface area contributed by atoms with Crippen LogP contribution in [-0.2, 0) is 0 Å². The molecule has 0 saturated heterocycles. The van der Waals surface area contributed by atoms with Gasteiger partial charge >= 0.3 is 0 Å². The first-order valence-corrected chi connectivity index (χ1v) is 5.74. The van der Waals surface area contributed by atoms with Crippen molar-refractivity contribution in [2.75, 3.05) is 0 Å². The monoisotopic (exact) mass is 272 g/mol. The Balaban J connectivity index is 2.64. The fraction of sp³-hybridized carbons (Fsp3) is 0.333. The highest BCUT2D eigenvalue weighted by Gasteiger charge is 2.12. The smallest absolute Gasteiger partial charge is 0.262 e. The van der Waals surface area contributed by atoms with E-state index in [1.807, 2.05) is 19.1 Å². The van der Waals surface area contributed by atoms with Crippen LogP contribution in [0.1, 0.15) is 23.0 Å². The molecule has 74 valence electrons. The van der Waals surface area contributed by atoms with E-state index in [1.165, 1.54) is 11.3 Å². The van der Waals surface area contributed by atoms with Gasteiger partial charge in [0.2, 0.25) is 0 Å². The molecule has 0 fully saturated rings. The molecule has 1 atom stereocenters. The van der Waals surface area contributed by atoms with E-state index in [-0.39, 0.29) is 5.91 Å². The second kappa shape index (κ2) is 5.13. The normalized spacial score (nSPS) is 11.8. The lowest BCUT2D eigenvalue weighted by Gasteiger charge is -2.06. The SMILES string of the molecule is CCC(C#N)NC(=O)c1ccc(Br)s1. The molecule has 1 amide bonds. The van der Waals surface area contributed by atoms with Crippen LogP contribution in [0.4, 0.5) is 0 Å². The van der Waals surface area contributed by atoms with Crippen LogP contribution in [0.25, 0.3) is 0 Å². The predicted octanol–water partition coefficient (Wildman–Crippen LogP) is 2.54. The van der Waals surface area contributed by atoms with Gasteiger partial charge in [0, 0.05) is 0 Å². The number of nitriles is 1. The van der Waals surface area contributed by atoms with Crippen molar-refractivity contribution in [1.29, 1.82) is 5.26 Å². The van der Waals surface area contributed by atoms with Gasteiger partial charge < -0.3 is 5.32 Å². The first-order valence-electron chi connectivity index (χ1n) is 4.13. The fourth-order valence-electron chi connectivity index (χ4n) is 0.891. The highest BCUT2D eigenvalue weighted by Crippen LogP contribution is 2.21. The maximum atomic E-state index is 11.5. The van der Waals surface area contributed by atoms with E-state index < -0.39 is 6.04 Å². The van der Waals surface area contributed by atoms with Crippen LogP contribution in [0, 0.1) is 11.3 Å². The van der Waals surface area contributed by atoms with Crippen LogP contribution in [0.3, 0.4) is 0 Å². The van der Waals surface area contributed by atoms with Crippen LogP contribution in [0.2, 0.25) is 0 Å². The molecule has 1 rings (SSSR count). The summed E-state index contributed by atoms with van der Waals surface area (Å²) in [6.45, 7) is 1.86. The molecule has 1 aromatic rings. The Labute approximate surface area is 94.9 Å². The third-order valence-electron chi connectivity index (χ3n) is 1.67. The highest BCUT2D eigenvalue weighted by atomic mass is 79.9. The molecule has 0 saturated carbocycles. The first kappa shape index (κ1) is 11.2. The summed E-state index contributed by atoms with van der Waals surface area (Å²) in [6, 6.07) is 5.16. The van der Waals surface area contributed by atoms with E-state index in [1.54, 1.807) is 6.07 Å². The Hall–Kier alpha value is -0.860. The number of hydrogen-bond donors (Lipinski definition) is 1. The van der Waals surface area contributed by atoms with E-state index in [0.717, 1.165) is 3.79 Å². The zero-order valence-electron chi connectivity index (χ0n) is 7.58. The molecular weight excluding hydrogens is 264 g/mol. The summed E-state index contributed by atoms with van der Waals surface area (Å²) >= 11 is 4.63. The van der Waals surface area contributed by atoms with Gasteiger partial charge in [-0.05, 0) is 34.5 Å².